The van der Waals surface area contributed by atoms with Crippen molar-refractivity contribution in [2.24, 2.45) is 0 Å². The zero-order valence-corrected chi connectivity index (χ0v) is 27.8. The Morgan fingerprint density at radius 2 is 1.50 bits per heavy atom. The molecule has 232 valence electrons. The number of hydrogen-bond acceptors (Lipinski definition) is 6. The summed E-state index contributed by atoms with van der Waals surface area (Å²) in [6.45, 7) is 9.21. The summed E-state index contributed by atoms with van der Waals surface area (Å²) in [5, 5.41) is 2.13. The monoisotopic (exact) mass is 613 g/mol. The van der Waals surface area contributed by atoms with Crippen LogP contribution in [0.15, 0.2) is 72.8 Å². The van der Waals surface area contributed by atoms with Crippen molar-refractivity contribution in [2.45, 2.75) is 64.1 Å². The molecule has 1 amide bonds. The number of likely N-dealkylation sites (tertiary alicyclic amines) is 1. The normalized spacial score (nSPS) is 15.6. The predicted molar refractivity (Wildman–Crippen MR) is 176 cm³/mol. The minimum atomic E-state index is -2.83. The van der Waals surface area contributed by atoms with E-state index in [4.69, 9.17) is 18.6 Å². The van der Waals surface area contributed by atoms with Gasteiger partial charge in [0.1, 0.15) is 6.10 Å². The fraction of sp³-hybridized carbons (Fsp3) is 0.389. The number of carbonyl (C=O) groups excluding carboxylic acids is 2. The molecule has 1 aliphatic heterocycles. The number of benzene rings is 3. The van der Waals surface area contributed by atoms with Crippen molar-refractivity contribution >= 4 is 30.6 Å². The van der Waals surface area contributed by atoms with E-state index in [1.165, 1.54) is 24.6 Å². The molecule has 0 aliphatic carbocycles. The molecule has 1 heterocycles. The quantitative estimate of drug-likeness (QED) is 0.172. The molecule has 3 aromatic rings. The molecule has 44 heavy (non-hydrogen) atoms. The maximum Gasteiger partial charge on any atom is 0.409 e. The lowest BCUT2D eigenvalue weighted by Crippen LogP contribution is -2.67. The van der Waals surface area contributed by atoms with Crippen LogP contribution in [0.5, 0.6) is 11.5 Å². The van der Waals surface area contributed by atoms with E-state index < -0.39 is 20.5 Å². The van der Waals surface area contributed by atoms with Crippen LogP contribution in [0.3, 0.4) is 0 Å². The molecule has 0 unspecified atom stereocenters. The molecule has 0 bridgehead atoms. The summed E-state index contributed by atoms with van der Waals surface area (Å²) in [6.07, 6.45) is 0.846. The van der Waals surface area contributed by atoms with E-state index in [1.807, 2.05) is 19.1 Å². The zero-order chi connectivity index (χ0) is 31.9. The number of nitrogens with zero attached hydrogens (tertiary/aromatic N) is 1. The van der Waals surface area contributed by atoms with E-state index in [2.05, 4.69) is 81.1 Å². The first-order valence-electron chi connectivity index (χ1n) is 15.0. The molecule has 1 fully saturated rings. The highest BCUT2D eigenvalue weighted by atomic mass is 28.4. The van der Waals surface area contributed by atoms with Crippen LogP contribution in [0, 0.1) is 11.8 Å². The van der Waals surface area contributed by atoms with Crippen LogP contribution < -0.4 is 19.8 Å². The van der Waals surface area contributed by atoms with Crippen LogP contribution in [-0.4, -0.2) is 65.1 Å². The standard InChI is InChI=1S/C36H43NO6Si/c1-26(43-44(36(2,3)4,29-16-10-8-11-17-29)30-18-12-9-13-19-30)20-21-27-23-33(40-5)34(41-6)25-31(27)32(38)24-28-15-14-22-37(28)35(39)42-7/h8-13,16-19,23,25-26,28H,14-15,22,24H2,1-7H3/t26-,28+/m1/s1. The highest BCUT2D eigenvalue weighted by Gasteiger charge is 2.51. The second-order valence-corrected chi connectivity index (χ2v) is 16.3. The molecule has 1 saturated heterocycles. The number of rotatable bonds is 9. The van der Waals surface area contributed by atoms with Crippen molar-refractivity contribution in [3.63, 3.8) is 0 Å². The Morgan fingerprint density at radius 3 is 2.02 bits per heavy atom. The molecule has 8 heteroatoms. The number of ketones is 1. The van der Waals surface area contributed by atoms with E-state index in [9.17, 15) is 9.59 Å². The van der Waals surface area contributed by atoms with E-state index in [1.54, 1.807) is 24.1 Å². The molecule has 0 N–H and O–H groups in total. The van der Waals surface area contributed by atoms with Crippen LogP contribution in [0.1, 0.15) is 62.9 Å². The summed E-state index contributed by atoms with van der Waals surface area (Å²) in [5.41, 5.74) is 0.942. The molecule has 1 aliphatic rings. The van der Waals surface area contributed by atoms with E-state index in [0.717, 1.165) is 12.8 Å². The molecule has 2 atom stereocenters. The second-order valence-electron chi connectivity index (χ2n) is 12.0. The average molecular weight is 614 g/mol. The fourth-order valence-corrected chi connectivity index (χ4v) is 10.7. The minimum absolute atomic E-state index is 0.128. The van der Waals surface area contributed by atoms with Gasteiger partial charge in [0.15, 0.2) is 17.3 Å². The molecule has 3 aromatic carbocycles. The highest BCUT2D eigenvalue weighted by Crippen LogP contribution is 2.37. The third-order valence-electron chi connectivity index (χ3n) is 8.21. The summed E-state index contributed by atoms with van der Waals surface area (Å²) in [6, 6.07) is 24.0. The van der Waals surface area contributed by atoms with Gasteiger partial charge in [-0.1, -0.05) is 93.3 Å². The number of hydrogen-bond donors (Lipinski definition) is 0. The minimum Gasteiger partial charge on any atom is -0.493 e. The Balaban J connectivity index is 1.73. The lowest BCUT2D eigenvalue weighted by atomic mass is 9.97. The third-order valence-corrected chi connectivity index (χ3v) is 13.3. The molecule has 0 spiro atoms. The second kappa shape index (κ2) is 14.1. The molecule has 0 aromatic heterocycles. The van der Waals surface area contributed by atoms with E-state index in [0.29, 0.717) is 29.2 Å². The fourth-order valence-electron chi connectivity index (χ4n) is 6.11. The van der Waals surface area contributed by atoms with Crippen LogP contribution in [0.4, 0.5) is 4.79 Å². The molecular formula is C36H43NO6Si. The van der Waals surface area contributed by atoms with Gasteiger partial charge >= 0.3 is 6.09 Å². The predicted octanol–water partition coefficient (Wildman–Crippen LogP) is 5.82. The maximum absolute atomic E-state index is 13.8. The molecular weight excluding hydrogens is 570 g/mol. The smallest absolute Gasteiger partial charge is 0.409 e. The summed E-state index contributed by atoms with van der Waals surface area (Å²) in [4.78, 5) is 27.7. The number of methoxy groups -OCH3 is 3. The molecule has 4 rings (SSSR count). The zero-order valence-electron chi connectivity index (χ0n) is 26.8. The Labute approximate surface area is 262 Å². The lowest BCUT2D eigenvalue weighted by Gasteiger charge is -2.44. The van der Waals surface area contributed by atoms with Gasteiger partial charge in [0, 0.05) is 36.2 Å². The Kier molecular flexibility index (Phi) is 10.6. The number of carbonyl (C=O) groups is 2. The first-order valence-corrected chi connectivity index (χ1v) is 16.9. The van der Waals surface area contributed by atoms with E-state index >= 15 is 0 Å². The van der Waals surface area contributed by atoms with Crippen molar-refractivity contribution in [3.8, 4) is 23.3 Å². The van der Waals surface area contributed by atoms with Crippen LogP contribution in [-0.2, 0) is 9.16 Å². The summed E-state index contributed by atoms with van der Waals surface area (Å²) in [7, 11) is 1.62. The van der Waals surface area contributed by atoms with E-state index in [-0.39, 0.29) is 23.3 Å². The molecule has 0 saturated carbocycles. The van der Waals surface area contributed by atoms with Gasteiger partial charge in [0.2, 0.25) is 0 Å². The van der Waals surface area contributed by atoms with Gasteiger partial charge in [-0.3, -0.25) is 4.79 Å². The van der Waals surface area contributed by atoms with Gasteiger partial charge < -0.3 is 23.5 Å². The van der Waals surface area contributed by atoms with Crippen molar-refractivity contribution < 1.29 is 28.2 Å². The summed E-state index contributed by atoms with van der Waals surface area (Å²) < 4.78 is 23.2. The first-order chi connectivity index (χ1) is 21.0. The van der Waals surface area contributed by atoms with Gasteiger partial charge in [0.25, 0.3) is 8.32 Å². The highest BCUT2D eigenvalue weighted by molar-refractivity contribution is 6.99. The lowest BCUT2D eigenvalue weighted by molar-refractivity contribution is 0.0914. The Hall–Kier alpha value is -4.06. The Morgan fingerprint density at radius 1 is 0.932 bits per heavy atom. The van der Waals surface area contributed by atoms with Gasteiger partial charge in [-0.05, 0) is 41.2 Å². The van der Waals surface area contributed by atoms with Gasteiger partial charge in [0.05, 0.1) is 21.3 Å². The SMILES string of the molecule is COC(=O)N1CCC[C@H]1CC(=O)c1cc(OC)c(OC)cc1C#C[C@@H](C)O[Si](c1ccccc1)(c1ccccc1)C(C)(C)C. The van der Waals surface area contributed by atoms with Crippen LogP contribution in [0.25, 0.3) is 0 Å². The van der Waals surface area contributed by atoms with Crippen LogP contribution >= 0.6 is 0 Å². The van der Waals surface area contributed by atoms with Crippen molar-refractivity contribution in [1.29, 1.82) is 0 Å². The topological polar surface area (TPSA) is 74.3 Å². The summed E-state index contributed by atoms with van der Waals surface area (Å²) >= 11 is 0. The maximum atomic E-state index is 13.8. The number of amides is 1. The third kappa shape index (κ3) is 6.85. The van der Waals surface area contributed by atoms with Crippen molar-refractivity contribution in [3.05, 3.63) is 83.9 Å². The van der Waals surface area contributed by atoms with Crippen molar-refractivity contribution in [1.82, 2.24) is 4.90 Å². The van der Waals surface area contributed by atoms with Gasteiger partial charge in [-0.15, -0.1) is 0 Å². The largest absolute Gasteiger partial charge is 0.493 e. The average Bonchev–Trinajstić information content (AvgIpc) is 3.49. The Bertz CT molecular complexity index is 1470. The van der Waals surface area contributed by atoms with Gasteiger partial charge in [-0.25, -0.2) is 4.79 Å². The molecule has 7 nitrogen and oxygen atoms in total. The number of ether oxygens (including phenoxy) is 3. The van der Waals surface area contributed by atoms with Gasteiger partial charge in [-0.2, -0.15) is 0 Å². The van der Waals surface area contributed by atoms with Crippen LogP contribution in [0.2, 0.25) is 5.04 Å². The van der Waals surface area contributed by atoms with Crippen molar-refractivity contribution in [2.75, 3.05) is 27.9 Å². The molecule has 0 radical (unpaired) electrons. The summed E-state index contributed by atoms with van der Waals surface area (Å²) in [5.74, 6) is 7.35. The number of Topliss-reactive ketones (excluding diaryl/α,β-unsaturated/α-hetero) is 1. The first kappa shape index (κ1) is 32.8.